The number of aryl methyl sites for hydroxylation is 3. The van der Waals surface area contributed by atoms with Crippen LogP contribution in [-0.2, 0) is 16.0 Å². The Morgan fingerprint density at radius 3 is 1.87 bits per heavy atom. The molecule has 0 saturated carbocycles. The highest BCUT2D eigenvalue weighted by Crippen LogP contribution is 2.57. The Balaban J connectivity index is 2.34. The van der Waals surface area contributed by atoms with Crippen LogP contribution in [0.4, 0.5) is 53.1 Å². The molecule has 0 bridgehead atoms. The third-order valence-electron chi connectivity index (χ3n) is 6.86. The highest BCUT2D eigenvalue weighted by atomic mass is 19.4. The molecule has 0 saturated heterocycles. The van der Waals surface area contributed by atoms with Crippen LogP contribution in [0.1, 0.15) is 29.2 Å². The van der Waals surface area contributed by atoms with Crippen molar-refractivity contribution in [3.8, 4) is 11.5 Å². The van der Waals surface area contributed by atoms with E-state index in [4.69, 9.17) is 14.2 Å². The van der Waals surface area contributed by atoms with Crippen molar-refractivity contribution in [3.05, 3.63) is 58.7 Å². The zero-order valence-electron chi connectivity index (χ0n) is 25.2. The molecule has 18 heteroatoms. The molecule has 1 atom stereocenters. The van der Waals surface area contributed by atoms with E-state index in [9.17, 15) is 63.0 Å². The van der Waals surface area contributed by atoms with Gasteiger partial charge in [0.25, 0.3) is 0 Å². The number of halogens is 11. The average molecular weight is 698 g/mol. The molecule has 1 N–H and O–H groups in total. The van der Waals surface area contributed by atoms with Crippen LogP contribution in [0, 0.1) is 20.8 Å². The van der Waals surface area contributed by atoms with Gasteiger partial charge in [0.05, 0.1) is 13.1 Å². The molecule has 2 rings (SSSR count). The number of hydrogen-bond donors (Lipinski definition) is 1. The van der Waals surface area contributed by atoms with Gasteiger partial charge in [-0.15, -0.1) is 0 Å². The first-order valence-electron chi connectivity index (χ1n) is 13.6. The number of carbonyl (C=O) groups excluding carboxylic acids is 1. The number of carbonyl (C=O) groups is 2. The number of carboxylic acid groups (broad SMARTS) is 1. The standard InChI is InChI=1S/C29H30F11NO6/c1-5-45-22(23(42)43)14-19-6-8-20(9-7-19)46-11-10-41(24(44)47-21-13-17(3)16(2)12-18(21)4)15-25(30,31)26(32,33)27(34,35)28(36,37)29(38,39)40/h6-9,12-13,22H,5,10-11,14-15H2,1-4H3,(H,42,43). The predicted molar refractivity (Wildman–Crippen MR) is 143 cm³/mol. The zero-order valence-corrected chi connectivity index (χ0v) is 25.2. The molecule has 0 aliphatic heterocycles. The number of aliphatic carboxylic acids is 1. The number of amides is 1. The zero-order chi connectivity index (χ0) is 36.2. The second-order valence-corrected chi connectivity index (χ2v) is 10.4. The lowest BCUT2D eigenvalue weighted by molar-refractivity contribution is -0.422. The van der Waals surface area contributed by atoms with Crippen LogP contribution >= 0.6 is 0 Å². The second kappa shape index (κ2) is 14.5. The lowest BCUT2D eigenvalue weighted by Crippen LogP contribution is -2.68. The van der Waals surface area contributed by atoms with Gasteiger partial charge in [-0.1, -0.05) is 18.2 Å². The summed E-state index contributed by atoms with van der Waals surface area (Å²) < 4.78 is 165. The van der Waals surface area contributed by atoms with Crippen molar-refractivity contribution in [1.82, 2.24) is 4.90 Å². The van der Waals surface area contributed by atoms with Gasteiger partial charge in [0.1, 0.15) is 18.1 Å². The topological polar surface area (TPSA) is 85.3 Å². The van der Waals surface area contributed by atoms with E-state index < -0.39 is 67.7 Å². The molecule has 264 valence electrons. The molecule has 0 spiro atoms. The van der Waals surface area contributed by atoms with Crippen LogP contribution < -0.4 is 9.47 Å². The van der Waals surface area contributed by atoms with Crippen molar-refractivity contribution in [1.29, 1.82) is 0 Å². The van der Waals surface area contributed by atoms with Crippen LogP contribution in [0.2, 0.25) is 0 Å². The SMILES string of the molecule is CCOC(Cc1ccc(OCCN(CC(F)(F)C(F)(F)C(F)(F)C(F)(F)C(F)(F)F)C(=O)Oc2cc(C)c(C)cc2C)cc1)C(=O)O. The van der Waals surface area contributed by atoms with Crippen molar-refractivity contribution in [2.45, 2.75) is 70.1 Å². The van der Waals surface area contributed by atoms with Gasteiger partial charge < -0.3 is 19.3 Å². The van der Waals surface area contributed by atoms with Gasteiger partial charge in [0, 0.05) is 13.0 Å². The Bertz CT molecular complexity index is 1400. The second-order valence-electron chi connectivity index (χ2n) is 10.4. The van der Waals surface area contributed by atoms with Crippen LogP contribution in [-0.4, -0.2) is 84.3 Å². The fourth-order valence-electron chi connectivity index (χ4n) is 4.01. The molecule has 0 radical (unpaired) electrons. The minimum absolute atomic E-state index is 0.0381. The lowest BCUT2D eigenvalue weighted by atomic mass is 9.97. The van der Waals surface area contributed by atoms with Crippen molar-refractivity contribution in [3.63, 3.8) is 0 Å². The van der Waals surface area contributed by atoms with Crippen LogP contribution in [0.25, 0.3) is 0 Å². The normalized spacial score (nSPS) is 13.7. The number of alkyl halides is 11. The Hall–Kier alpha value is -3.83. The highest BCUT2D eigenvalue weighted by molar-refractivity contribution is 5.73. The molecule has 7 nitrogen and oxygen atoms in total. The van der Waals surface area contributed by atoms with E-state index >= 15 is 0 Å². The Morgan fingerprint density at radius 1 is 0.809 bits per heavy atom. The Kier molecular flexibility index (Phi) is 12.2. The minimum Gasteiger partial charge on any atom is -0.492 e. The molecular formula is C29H30F11NO6. The molecule has 0 aliphatic rings. The van der Waals surface area contributed by atoms with E-state index in [2.05, 4.69) is 0 Å². The van der Waals surface area contributed by atoms with E-state index in [-0.39, 0.29) is 35.0 Å². The largest absolute Gasteiger partial charge is 0.492 e. The summed E-state index contributed by atoms with van der Waals surface area (Å²) in [6, 6.07) is 8.05. The summed E-state index contributed by atoms with van der Waals surface area (Å²) in [5.41, 5.74) is 1.89. The summed E-state index contributed by atoms with van der Waals surface area (Å²) in [6.07, 6.45) is -10.5. The number of hydrogen-bond acceptors (Lipinski definition) is 5. The van der Waals surface area contributed by atoms with Gasteiger partial charge in [-0.2, -0.15) is 48.3 Å². The van der Waals surface area contributed by atoms with E-state index in [1.807, 2.05) is 0 Å². The van der Waals surface area contributed by atoms with Crippen LogP contribution in [0.3, 0.4) is 0 Å². The van der Waals surface area contributed by atoms with Crippen molar-refractivity contribution >= 4 is 12.1 Å². The van der Waals surface area contributed by atoms with Crippen LogP contribution in [0.5, 0.6) is 11.5 Å². The Morgan fingerprint density at radius 2 is 1.36 bits per heavy atom. The van der Waals surface area contributed by atoms with Gasteiger partial charge in [-0.3, -0.25) is 4.90 Å². The molecule has 0 aromatic heterocycles. The van der Waals surface area contributed by atoms with Crippen molar-refractivity contribution < 1.29 is 77.2 Å². The number of ether oxygens (including phenoxy) is 3. The fraction of sp³-hybridized carbons (Fsp3) is 0.517. The van der Waals surface area contributed by atoms with E-state index in [1.54, 1.807) is 20.8 Å². The van der Waals surface area contributed by atoms with Crippen molar-refractivity contribution in [2.75, 3.05) is 26.3 Å². The molecule has 1 unspecified atom stereocenters. The molecule has 2 aromatic carbocycles. The van der Waals surface area contributed by atoms with Crippen molar-refractivity contribution in [2.24, 2.45) is 0 Å². The summed E-state index contributed by atoms with van der Waals surface area (Å²) >= 11 is 0. The molecular weight excluding hydrogens is 667 g/mol. The van der Waals surface area contributed by atoms with E-state index in [0.717, 1.165) is 0 Å². The summed E-state index contributed by atoms with van der Waals surface area (Å²) in [4.78, 5) is 23.8. The Labute approximate surface area is 261 Å². The predicted octanol–water partition coefficient (Wildman–Crippen LogP) is 7.63. The number of carboxylic acids is 1. The molecule has 0 aliphatic carbocycles. The maximum absolute atomic E-state index is 14.7. The van der Waals surface area contributed by atoms with E-state index in [0.29, 0.717) is 16.7 Å². The first-order chi connectivity index (χ1) is 21.4. The highest BCUT2D eigenvalue weighted by Gasteiger charge is 2.87. The maximum atomic E-state index is 14.7. The fourth-order valence-corrected chi connectivity index (χ4v) is 4.01. The smallest absolute Gasteiger partial charge is 0.460 e. The average Bonchev–Trinajstić information content (AvgIpc) is 2.94. The monoisotopic (exact) mass is 697 g/mol. The third kappa shape index (κ3) is 8.75. The first-order valence-corrected chi connectivity index (χ1v) is 13.6. The lowest BCUT2D eigenvalue weighted by Gasteiger charge is -2.38. The summed E-state index contributed by atoms with van der Waals surface area (Å²) in [6.45, 7) is 1.55. The molecule has 1 amide bonds. The third-order valence-corrected chi connectivity index (χ3v) is 6.86. The number of nitrogens with zero attached hydrogens (tertiary/aromatic N) is 1. The maximum Gasteiger partial charge on any atom is 0.460 e. The quantitative estimate of drug-likeness (QED) is 0.193. The van der Waals surface area contributed by atoms with Gasteiger partial charge >= 0.3 is 41.9 Å². The number of rotatable bonds is 15. The molecule has 47 heavy (non-hydrogen) atoms. The minimum atomic E-state index is -7.65. The summed E-state index contributed by atoms with van der Waals surface area (Å²) in [7, 11) is 0. The van der Waals surface area contributed by atoms with Gasteiger partial charge in [-0.25, -0.2) is 9.59 Å². The molecule has 2 aromatic rings. The molecule has 0 fully saturated rings. The van der Waals surface area contributed by atoms with Gasteiger partial charge in [-0.05, 0) is 68.1 Å². The first kappa shape index (κ1) is 39.3. The van der Waals surface area contributed by atoms with Crippen LogP contribution in [0.15, 0.2) is 36.4 Å². The molecule has 0 heterocycles. The summed E-state index contributed by atoms with van der Waals surface area (Å²) in [5, 5.41) is 9.20. The van der Waals surface area contributed by atoms with Gasteiger partial charge in [0.2, 0.25) is 0 Å². The number of benzene rings is 2. The summed E-state index contributed by atoms with van der Waals surface area (Å²) in [5.74, 6) is -30.5. The van der Waals surface area contributed by atoms with Gasteiger partial charge in [0.15, 0.2) is 6.10 Å². The van der Waals surface area contributed by atoms with E-state index in [1.165, 1.54) is 43.3 Å².